The van der Waals surface area contributed by atoms with Crippen LogP contribution in [0.3, 0.4) is 0 Å². The monoisotopic (exact) mass is 821 g/mol. The van der Waals surface area contributed by atoms with E-state index in [1.165, 1.54) is 161 Å². The summed E-state index contributed by atoms with van der Waals surface area (Å²) in [4.78, 5) is 37.9. The lowest BCUT2D eigenvalue weighted by molar-refractivity contribution is -0.167. The van der Waals surface area contributed by atoms with E-state index in [0.717, 1.165) is 75.5 Å². The molecule has 0 aliphatic heterocycles. The van der Waals surface area contributed by atoms with Gasteiger partial charge in [-0.2, -0.15) is 0 Å². The van der Waals surface area contributed by atoms with Gasteiger partial charge >= 0.3 is 17.9 Å². The molecule has 0 aliphatic rings. The van der Waals surface area contributed by atoms with Crippen LogP contribution in [-0.2, 0) is 28.6 Å². The molecule has 0 aromatic heterocycles. The van der Waals surface area contributed by atoms with Crippen molar-refractivity contribution in [2.45, 2.75) is 285 Å². The maximum Gasteiger partial charge on any atom is 0.306 e. The zero-order valence-electron chi connectivity index (χ0n) is 39.8. The minimum atomic E-state index is -0.763. The van der Waals surface area contributed by atoms with Gasteiger partial charge in [0.25, 0.3) is 0 Å². The average molecular weight is 821 g/mol. The highest BCUT2D eigenvalue weighted by atomic mass is 16.6. The Morgan fingerprint density at radius 2 is 0.500 bits per heavy atom. The Kier molecular flexibility index (Phi) is 42.3. The second-order valence-corrected chi connectivity index (χ2v) is 19.2. The standard InChI is InChI=1S/C52H100O6/c1-46(2)38-32-26-20-15-11-8-7-9-13-17-23-29-35-41-50(53)56-44-49(45-57-51(54)42-36-30-25-19-22-28-34-40-48(5)6)58-52(55)43-37-31-24-18-14-10-12-16-21-27-33-39-47(3)4/h46-49H,7-45H2,1-6H3/t49-/m1/s1. The van der Waals surface area contributed by atoms with Crippen LogP contribution in [0.15, 0.2) is 0 Å². The molecular weight excluding hydrogens is 721 g/mol. The zero-order chi connectivity index (χ0) is 42.7. The normalized spacial score (nSPS) is 12.2. The van der Waals surface area contributed by atoms with E-state index in [9.17, 15) is 14.4 Å². The summed E-state index contributed by atoms with van der Waals surface area (Å²) < 4.78 is 16.8. The Morgan fingerprint density at radius 3 is 0.741 bits per heavy atom. The molecule has 0 amide bonds. The van der Waals surface area contributed by atoms with E-state index >= 15 is 0 Å². The van der Waals surface area contributed by atoms with E-state index in [1.807, 2.05) is 0 Å². The molecule has 0 rings (SSSR count). The third kappa shape index (κ3) is 45.5. The van der Waals surface area contributed by atoms with Gasteiger partial charge in [-0.25, -0.2) is 0 Å². The molecule has 0 saturated heterocycles. The van der Waals surface area contributed by atoms with Gasteiger partial charge in [-0.05, 0) is 37.0 Å². The number of carbonyl (C=O) groups excluding carboxylic acids is 3. The third-order valence-electron chi connectivity index (χ3n) is 11.6. The van der Waals surface area contributed by atoms with E-state index in [4.69, 9.17) is 14.2 Å². The maximum absolute atomic E-state index is 12.8. The van der Waals surface area contributed by atoms with E-state index in [2.05, 4.69) is 41.5 Å². The molecule has 0 heterocycles. The maximum atomic E-state index is 12.8. The van der Waals surface area contributed by atoms with Crippen LogP contribution >= 0.6 is 0 Å². The molecule has 6 nitrogen and oxygen atoms in total. The van der Waals surface area contributed by atoms with Crippen LogP contribution in [0.4, 0.5) is 0 Å². The number of esters is 3. The molecule has 344 valence electrons. The Hall–Kier alpha value is -1.59. The summed E-state index contributed by atoms with van der Waals surface area (Å²) in [6, 6.07) is 0. The SMILES string of the molecule is CC(C)CCCCCCCCCCCCCCCC(=O)OC[C@H](COC(=O)CCCCCCCCCC(C)C)OC(=O)CCCCCCCCCCCCCC(C)C. The molecule has 0 saturated carbocycles. The highest BCUT2D eigenvalue weighted by molar-refractivity contribution is 5.71. The van der Waals surface area contributed by atoms with Gasteiger partial charge < -0.3 is 14.2 Å². The molecule has 0 bridgehead atoms. The van der Waals surface area contributed by atoms with E-state index in [-0.39, 0.29) is 31.1 Å². The molecule has 1 atom stereocenters. The number of hydrogen-bond acceptors (Lipinski definition) is 6. The first kappa shape index (κ1) is 56.4. The lowest BCUT2D eigenvalue weighted by atomic mass is 10.0. The highest BCUT2D eigenvalue weighted by Crippen LogP contribution is 2.17. The largest absolute Gasteiger partial charge is 0.462 e. The van der Waals surface area contributed by atoms with Crippen molar-refractivity contribution in [3.63, 3.8) is 0 Å². The molecule has 0 N–H and O–H groups in total. The summed E-state index contributed by atoms with van der Waals surface area (Å²) >= 11 is 0. The van der Waals surface area contributed by atoms with Crippen LogP contribution in [0.1, 0.15) is 279 Å². The number of ether oxygens (including phenoxy) is 3. The van der Waals surface area contributed by atoms with Gasteiger partial charge in [0, 0.05) is 19.3 Å². The van der Waals surface area contributed by atoms with Crippen molar-refractivity contribution in [1.82, 2.24) is 0 Å². The Bertz CT molecular complexity index is 898. The molecule has 0 aliphatic carbocycles. The van der Waals surface area contributed by atoms with Crippen molar-refractivity contribution in [3.8, 4) is 0 Å². The number of unbranched alkanes of at least 4 members (excludes halogenated alkanes) is 28. The summed E-state index contributed by atoms with van der Waals surface area (Å²) in [5.41, 5.74) is 0. The van der Waals surface area contributed by atoms with Crippen LogP contribution in [0.25, 0.3) is 0 Å². The minimum absolute atomic E-state index is 0.0651. The quantitative estimate of drug-likeness (QED) is 0.0346. The van der Waals surface area contributed by atoms with Crippen LogP contribution in [0.2, 0.25) is 0 Å². The lowest BCUT2D eigenvalue weighted by Gasteiger charge is -2.18. The molecule has 58 heavy (non-hydrogen) atoms. The molecule has 6 heteroatoms. The van der Waals surface area contributed by atoms with Crippen LogP contribution in [0, 0.1) is 17.8 Å². The second kappa shape index (κ2) is 43.5. The topological polar surface area (TPSA) is 78.9 Å². The second-order valence-electron chi connectivity index (χ2n) is 19.2. The third-order valence-corrected chi connectivity index (χ3v) is 11.6. The van der Waals surface area contributed by atoms with Crippen LogP contribution in [0.5, 0.6) is 0 Å². The molecule has 0 unspecified atom stereocenters. The van der Waals surface area contributed by atoms with Gasteiger partial charge in [-0.1, -0.05) is 241 Å². The summed E-state index contributed by atoms with van der Waals surface area (Å²) in [6.45, 7) is 13.7. The lowest BCUT2D eigenvalue weighted by Crippen LogP contribution is -2.30. The van der Waals surface area contributed by atoms with Gasteiger partial charge in [0.05, 0.1) is 0 Å². The van der Waals surface area contributed by atoms with Gasteiger partial charge in [-0.15, -0.1) is 0 Å². The minimum Gasteiger partial charge on any atom is -0.462 e. The van der Waals surface area contributed by atoms with Crippen molar-refractivity contribution in [3.05, 3.63) is 0 Å². The van der Waals surface area contributed by atoms with Gasteiger partial charge in [0.2, 0.25) is 0 Å². The highest BCUT2D eigenvalue weighted by Gasteiger charge is 2.19. The van der Waals surface area contributed by atoms with Crippen molar-refractivity contribution in [1.29, 1.82) is 0 Å². The molecule has 0 spiro atoms. The smallest absolute Gasteiger partial charge is 0.306 e. The first-order valence-electron chi connectivity index (χ1n) is 25.6. The van der Waals surface area contributed by atoms with Crippen LogP contribution < -0.4 is 0 Å². The van der Waals surface area contributed by atoms with Gasteiger partial charge in [0.15, 0.2) is 6.10 Å². The molecule has 0 aromatic rings. The summed E-state index contributed by atoms with van der Waals surface area (Å²) in [7, 11) is 0. The van der Waals surface area contributed by atoms with Gasteiger partial charge in [0.1, 0.15) is 13.2 Å². The zero-order valence-corrected chi connectivity index (χ0v) is 39.8. The summed E-state index contributed by atoms with van der Waals surface area (Å²) in [5.74, 6) is 1.59. The predicted octanol–water partition coefficient (Wildman–Crippen LogP) is 16.4. The van der Waals surface area contributed by atoms with Crippen molar-refractivity contribution < 1.29 is 28.6 Å². The number of hydrogen-bond donors (Lipinski definition) is 0. The van der Waals surface area contributed by atoms with Gasteiger partial charge in [-0.3, -0.25) is 14.4 Å². The molecule has 0 aromatic carbocycles. The van der Waals surface area contributed by atoms with Crippen molar-refractivity contribution >= 4 is 17.9 Å². The Morgan fingerprint density at radius 1 is 0.293 bits per heavy atom. The number of carbonyl (C=O) groups is 3. The average Bonchev–Trinajstić information content (AvgIpc) is 3.18. The summed E-state index contributed by atoms with van der Waals surface area (Å²) in [6.07, 6.45) is 42.4. The van der Waals surface area contributed by atoms with Crippen molar-refractivity contribution in [2.24, 2.45) is 17.8 Å². The summed E-state index contributed by atoms with van der Waals surface area (Å²) in [5, 5.41) is 0. The first-order valence-corrected chi connectivity index (χ1v) is 25.6. The fourth-order valence-electron chi connectivity index (χ4n) is 7.76. The molecule has 0 radical (unpaired) electrons. The van der Waals surface area contributed by atoms with E-state index in [1.54, 1.807) is 0 Å². The predicted molar refractivity (Wildman–Crippen MR) is 247 cm³/mol. The number of rotatable bonds is 45. The molecular formula is C52H100O6. The van der Waals surface area contributed by atoms with Crippen molar-refractivity contribution in [2.75, 3.05) is 13.2 Å². The van der Waals surface area contributed by atoms with Crippen LogP contribution in [-0.4, -0.2) is 37.2 Å². The van der Waals surface area contributed by atoms with E-state index in [0.29, 0.717) is 19.3 Å². The first-order chi connectivity index (χ1) is 28.1. The Labute approximate surface area is 361 Å². The molecule has 0 fully saturated rings. The van der Waals surface area contributed by atoms with E-state index < -0.39 is 6.10 Å². The Balaban J connectivity index is 4.29. The fourth-order valence-corrected chi connectivity index (χ4v) is 7.76. The fraction of sp³-hybridized carbons (Fsp3) is 0.942.